The van der Waals surface area contributed by atoms with Crippen LogP contribution in [0.25, 0.3) is 0 Å². The Bertz CT molecular complexity index is 226. The number of carbonyl (C=O) groups is 1. The Morgan fingerprint density at radius 3 is 2.44 bits per heavy atom. The normalized spacial score (nSPS) is 25.8. The van der Waals surface area contributed by atoms with Gasteiger partial charge in [-0.1, -0.05) is 0 Å². The van der Waals surface area contributed by atoms with E-state index in [0.29, 0.717) is 11.8 Å². The zero-order chi connectivity index (χ0) is 10.7. The molecule has 0 aromatic heterocycles. The molecule has 2 aliphatic heterocycles. The largest absolute Gasteiger partial charge is 0.384 e. The molecular formula is C11H21ClN2O2. The van der Waals surface area contributed by atoms with Gasteiger partial charge in [-0.3, -0.25) is 4.79 Å². The molecule has 16 heavy (non-hydrogen) atoms. The first-order valence-electron chi connectivity index (χ1n) is 5.82. The van der Waals surface area contributed by atoms with Crippen molar-refractivity contribution in [3.05, 3.63) is 0 Å². The van der Waals surface area contributed by atoms with Gasteiger partial charge >= 0.3 is 0 Å². The first kappa shape index (κ1) is 13.7. The number of hydrogen-bond donors (Lipinski definition) is 1. The molecule has 0 unspecified atom stereocenters. The van der Waals surface area contributed by atoms with E-state index in [1.54, 1.807) is 7.11 Å². The number of amides is 1. The molecular weight excluding hydrogens is 228 g/mol. The van der Waals surface area contributed by atoms with E-state index in [2.05, 4.69) is 5.32 Å². The standard InChI is InChI=1S/C11H20N2O2.ClH/c1-15-8-9-3-6-13(7-4-9)11(14)10-2-5-12-10;/h9-10,12H,2-8H2,1H3;1H/t10-;/m1./s1. The molecule has 1 atom stereocenters. The molecule has 0 aliphatic carbocycles. The van der Waals surface area contributed by atoms with Crippen LogP contribution in [0.2, 0.25) is 0 Å². The third-order valence-electron chi connectivity index (χ3n) is 3.45. The van der Waals surface area contributed by atoms with Crippen LogP contribution >= 0.6 is 12.4 Å². The molecule has 94 valence electrons. The van der Waals surface area contributed by atoms with Crippen molar-refractivity contribution in [2.75, 3.05) is 33.4 Å². The second-order valence-corrected chi connectivity index (χ2v) is 4.52. The second kappa shape index (κ2) is 6.42. The van der Waals surface area contributed by atoms with Crippen molar-refractivity contribution < 1.29 is 9.53 Å². The van der Waals surface area contributed by atoms with Crippen molar-refractivity contribution in [2.45, 2.75) is 25.3 Å². The number of methoxy groups -OCH3 is 1. The van der Waals surface area contributed by atoms with Crippen LogP contribution in [0.3, 0.4) is 0 Å². The quantitative estimate of drug-likeness (QED) is 0.798. The van der Waals surface area contributed by atoms with Crippen LogP contribution in [0, 0.1) is 5.92 Å². The zero-order valence-electron chi connectivity index (χ0n) is 9.78. The van der Waals surface area contributed by atoms with E-state index in [-0.39, 0.29) is 18.4 Å². The summed E-state index contributed by atoms with van der Waals surface area (Å²) in [7, 11) is 1.75. The molecule has 2 heterocycles. The smallest absolute Gasteiger partial charge is 0.239 e. The van der Waals surface area contributed by atoms with Gasteiger partial charge in [0.1, 0.15) is 0 Å². The fourth-order valence-electron chi connectivity index (χ4n) is 2.28. The summed E-state index contributed by atoms with van der Waals surface area (Å²) >= 11 is 0. The minimum atomic E-state index is 0. The molecule has 2 fully saturated rings. The molecule has 0 bridgehead atoms. The molecule has 1 amide bonds. The monoisotopic (exact) mass is 248 g/mol. The van der Waals surface area contributed by atoms with Crippen molar-refractivity contribution >= 4 is 18.3 Å². The van der Waals surface area contributed by atoms with Crippen LogP contribution in [-0.2, 0) is 9.53 Å². The lowest BCUT2D eigenvalue weighted by Gasteiger charge is -2.36. The van der Waals surface area contributed by atoms with Crippen molar-refractivity contribution in [3.8, 4) is 0 Å². The van der Waals surface area contributed by atoms with Gasteiger partial charge in [-0.15, -0.1) is 12.4 Å². The number of carbonyl (C=O) groups excluding carboxylic acids is 1. The summed E-state index contributed by atoms with van der Waals surface area (Å²) in [4.78, 5) is 13.9. The van der Waals surface area contributed by atoms with Crippen molar-refractivity contribution in [2.24, 2.45) is 5.92 Å². The average molecular weight is 249 g/mol. The fraction of sp³-hybridized carbons (Fsp3) is 0.909. The number of likely N-dealkylation sites (tertiary alicyclic amines) is 1. The summed E-state index contributed by atoms with van der Waals surface area (Å²) < 4.78 is 5.14. The lowest BCUT2D eigenvalue weighted by molar-refractivity contribution is -0.136. The minimum Gasteiger partial charge on any atom is -0.384 e. The molecule has 0 aromatic carbocycles. The lowest BCUT2D eigenvalue weighted by atomic mass is 9.96. The molecule has 2 aliphatic rings. The maximum absolute atomic E-state index is 11.9. The predicted octanol–water partition coefficient (Wildman–Crippen LogP) is 0.655. The highest BCUT2D eigenvalue weighted by Crippen LogP contribution is 2.19. The van der Waals surface area contributed by atoms with Crippen LogP contribution in [-0.4, -0.2) is 50.2 Å². The summed E-state index contributed by atoms with van der Waals surface area (Å²) in [5.41, 5.74) is 0. The molecule has 2 saturated heterocycles. The van der Waals surface area contributed by atoms with Gasteiger partial charge in [0, 0.05) is 26.8 Å². The van der Waals surface area contributed by atoms with Gasteiger partial charge in [0.25, 0.3) is 0 Å². The maximum Gasteiger partial charge on any atom is 0.239 e. The number of nitrogens with one attached hydrogen (secondary N) is 1. The van der Waals surface area contributed by atoms with Gasteiger partial charge in [0.2, 0.25) is 5.91 Å². The fourth-order valence-corrected chi connectivity index (χ4v) is 2.28. The van der Waals surface area contributed by atoms with E-state index in [0.717, 1.165) is 45.5 Å². The molecule has 0 spiro atoms. The molecule has 0 radical (unpaired) electrons. The Morgan fingerprint density at radius 2 is 2.00 bits per heavy atom. The highest BCUT2D eigenvalue weighted by atomic mass is 35.5. The van der Waals surface area contributed by atoms with Crippen molar-refractivity contribution in [3.63, 3.8) is 0 Å². The zero-order valence-corrected chi connectivity index (χ0v) is 10.6. The second-order valence-electron chi connectivity index (χ2n) is 4.52. The first-order chi connectivity index (χ1) is 7.31. The Labute approximate surface area is 103 Å². The van der Waals surface area contributed by atoms with Gasteiger partial charge in [0.05, 0.1) is 6.04 Å². The third kappa shape index (κ3) is 3.09. The molecule has 5 heteroatoms. The average Bonchev–Trinajstić information content (AvgIpc) is 2.16. The molecule has 2 rings (SSSR count). The van der Waals surface area contributed by atoms with E-state index in [4.69, 9.17) is 4.74 Å². The first-order valence-corrected chi connectivity index (χ1v) is 5.82. The predicted molar refractivity (Wildman–Crippen MR) is 64.8 cm³/mol. The topological polar surface area (TPSA) is 41.6 Å². The number of halogens is 1. The Morgan fingerprint density at radius 1 is 1.38 bits per heavy atom. The van der Waals surface area contributed by atoms with Gasteiger partial charge in [-0.2, -0.15) is 0 Å². The molecule has 0 aromatic rings. The summed E-state index contributed by atoms with van der Waals surface area (Å²) in [6.45, 7) is 3.65. The maximum atomic E-state index is 11.9. The van der Waals surface area contributed by atoms with Crippen molar-refractivity contribution in [1.82, 2.24) is 10.2 Å². The van der Waals surface area contributed by atoms with Gasteiger partial charge in [-0.25, -0.2) is 0 Å². The third-order valence-corrected chi connectivity index (χ3v) is 3.45. The number of nitrogens with zero attached hydrogens (tertiary/aromatic N) is 1. The number of hydrogen-bond acceptors (Lipinski definition) is 3. The number of rotatable bonds is 3. The Kier molecular flexibility index (Phi) is 5.52. The number of ether oxygens (including phenoxy) is 1. The highest BCUT2D eigenvalue weighted by Gasteiger charge is 2.31. The van der Waals surface area contributed by atoms with Crippen LogP contribution in [0.15, 0.2) is 0 Å². The van der Waals surface area contributed by atoms with Crippen LogP contribution in [0.1, 0.15) is 19.3 Å². The SMILES string of the molecule is COCC1CCN(C(=O)[C@H]2CCN2)CC1.Cl. The Hall–Kier alpha value is -0.320. The number of piperidine rings is 1. The summed E-state index contributed by atoms with van der Waals surface area (Å²) in [5, 5.41) is 3.16. The van der Waals surface area contributed by atoms with E-state index in [1.165, 1.54) is 0 Å². The Balaban J connectivity index is 0.00000128. The summed E-state index contributed by atoms with van der Waals surface area (Å²) in [6, 6.07) is 0.115. The van der Waals surface area contributed by atoms with Crippen LogP contribution in [0.4, 0.5) is 0 Å². The summed E-state index contributed by atoms with van der Waals surface area (Å²) in [5.74, 6) is 0.950. The van der Waals surface area contributed by atoms with Gasteiger partial charge in [-0.05, 0) is 31.7 Å². The van der Waals surface area contributed by atoms with Crippen LogP contribution in [0.5, 0.6) is 0 Å². The molecule has 4 nitrogen and oxygen atoms in total. The van der Waals surface area contributed by atoms with Crippen LogP contribution < -0.4 is 5.32 Å². The summed E-state index contributed by atoms with van der Waals surface area (Å²) in [6.07, 6.45) is 3.19. The van der Waals surface area contributed by atoms with Crippen molar-refractivity contribution in [1.29, 1.82) is 0 Å². The van der Waals surface area contributed by atoms with E-state index in [9.17, 15) is 4.79 Å². The lowest BCUT2D eigenvalue weighted by Crippen LogP contribution is -2.55. The van der Waals surface area contributed by atoms with Gasteiger partial charge < -0.3 is 15.0 Å². The molecule has 1 N–H and O–H groups in total. The van der Waals surface area contributed by atoms with E-state index < -0.39 is 0 Å². The van der Waals surface area contributed by atoms with E-state index >= 15 is 0 Å². The molecule has 0 saturated carbocycles. The van der Waals surface area contributed by atoms with E-state index in [1.807, 2.05) is 4.90 Å². The van der Waals surface area contributed by atoms with Gasteiger partial charge in [0.15, 0.2) is 0 Å². The highest BCUT2D eigenvalue weighted by molar-refractivity contribution is 5.85. The minimum absolute atomic E-state index is 0.